The molecule has 6 heteroatoms. The standard InChI is InChI=1S/C13H17ClN2O3/c1-8(7-12(17)18)15-13(19)16-9(2)10-5-3-4-6-11(10)14/h3-6,8-9H,7H2,1-2H3,(H,17,18)(H2,15,16,19). The SMILES string of the molecule is CC(CC(=O)O)NC(=O)NC(C)c1ccccc1Cl. The molecule has 0 bridgehead atoms. The molecule has 3 N–H and O–H groups in total. The van der Waals surface area contributed by atoms with Gasteiger partial charge in [0, 0.05) is 11.1 Å². The Balaban J connectivity index is 2.53. The number of aliphatic carboxylic acids is 1. The fraction of sp³-hybridized carbons (Fsp3) is 0.385. The number of carbonyl (C=O) groups excluding carboxylic acids is 1. The van der Waals surface area contributed by atoms with Crippen LogP contribution < -0.4 is 10.6 Å². The van der Waals surface area contributed by atoms with Gasteiger partial charge in [-0.1, -0.05) is 29.8 Å². The van der Waals surface area contributed by atoms with Crippen LogP contribution in [0.5, 0.6) is 0 Å². The first kappa shape index (κ1) is 15.3. The van der Waals surface area contributed by atoms with E-state index in [1.807, 2.05) is 25.1 Å². The number of rotatable bonds is 5. The molecule has 104 valence electrons. The Morgan fingerprint density at radius 2 is 1.89 bits per heavy atom. The zero-order valence-electron chi connectivity index (χ0n) is 10.8. The number of amides is 2. The largest absolute Gasteiger partial charge is 0.481 e. The van der Waals surface area contributed by atoms with Gasteiger partial charge in [0.25, 0.3) is 0 Å². The van der Waals surface area contributed by atoms with E-state index in [1.165, 1.54) is 0 Å². The normalized spacial score (nSPS) is 13.4. The van der Waals surface area contributed by atoms with E-state index >= 15 is 0 Å². The molecule has 0 saturated carbocycles. The molecule has 0 aliphatic carbocycles. The highest BCUT2D eigenvalue weighted by Crippen LogP contribution is 2.21. The zero-order valence-corrected chi connectivity index (χ0v) is 11.6. The minimum Gasteiger partial charge on any atom is -0.481 e. The molecule has 0 fully saturated rings. The Morgan fingerprint density at radius 1 is 1.26 bits per heavy atom. The van der Waals surface area contributed by atoms with Crippen molar-refractivity contribution >= 4 is 23.6 Å². The van der Waals surface area contributed by atoms with Crippen LogP contribution in [0, 0.1) is 0 Å². The van der Waals surface area contributed by atoms with E-state index in [-0.39, 0.29) is 12.5 Å². The first-order chi connectivity index (χ1) is 8.90. The molecule has 0 heterocycles. The predicted octanol–water partition coefficient (Wildman–Crippen LogP) is 2.56. The summed E-state index contributed by atoms with van der Waals surface area (Å²) in [6.45, 7) is 3.44. The lowest BCUT2D eigenvalue weighted by Gasteiger charge is -2.18. The zero-order chi connectivity index (χ0) is 14.4. The summed E-state index contributed by atoms with van der Waals surface area (Å²) in [6, 6.07) is 6.12. The summed E-state index contributed by atoms with van der Waals surface area (Å²) in [5.41, 5.74) is 0.810. The summed E-state index contributed by atoms with van der Waals surface area (Å²) in [7, 11) is 0. The first-order valence-corrected chi connectivity index (χ1v) is 6.31. The molecule has 0 spiro atoms. The van der Waals surface area contributed by atoms with Crippen LogP contribution in [0.3, 0.4) is 0 Å². The van der Waals surface area contributed by atoms with Gasteiger partial charge in [-0.05, 0) is 25.5 Å². The molecule has 1 rings (SSSR count). The lowest BCUT2D eigenvalue weighted by Crippen LogP contribution is -2.42. The van der Waals surface area contributed by atoms with Gasteiger partial charge in [0.15, 0.2) is 0 Å². The van der Waals surface area contributed by atoms with Crippen LogP contribution in [0.15, 0.2) is 24.3 Å². The molecule has 2 atom stereocenters. The number of nitrogens with one attached hydrogen (secondary N) is 2. The second-order valence-electron chi connectivity index (χ2n) is 4.36. The number of carboxylic acid groups (broad SMARTS) is 1. The number of carbonyl (C=O) groups is 2. The fourth-order valence-electron chi connectivity index (χ4n) is 1.68. The third kappa shape index (κ3) is 5.18. The second-order valence-corrected chi connectivity index (χ2v) is 4.77. The van der Waals surface area contributed by atoms with Crippen molar-refractivity contribution < 1.29 is 14.7 Å². The van der Waals surface area contributed by atoms with Crippen molar-refractivity contribution in [3.8, 4) is 0 Å². The van der Waals surface area contributed by atoms with Crippen molar-refractivity contribution in [2.45, 2.75) is 32.4 Å². The predicted molar refractivity (Wildman–Crippen MR) is 73.2 cm³/mol. The Kier molecular flexibility index (Phi) is 5.63. The number of halogens is 1. The van der Waals surface area contributed by atoms with Crippen molar-refractivity contribution in [1.82, 2.24) is 10.6 Å². The molecule has 2 amide bonds. The van der Waals surface area contributed by atoms with Crippen molar-refractivity contribution in [2.75, 3.05) is 0 Å². The maximum Gasteiger partial charge on any atom is 0.315 e. The Hall–Kier alpha value is -1.75. The van der Waals surface area contributed by atoms with Crippen LogP contribution in [-0.2, 0) is 4.79 Å². The van der Waals surface area contributed by atoms with Crippen LogP contribution in [-0.4, -0.2) is 23.1 Å². The number of benzene rings is 1. The lowest BCUT2D eigenvalue weighted by molar-refractivity contribution is -0.137. The van der Waals surface area contributed by atoms with Crippen molar-refractivity contribution in [3.05, 3.63) is 34.9 Å². The van der Waals surface area contributed by atoms with E-state index < -0.39 is 18.0 Å². The fourth-order valence-corrected chi connectivity index (χ4v) is 1.98. The van der Waals surface area contributed by atoms with Crippen molar-refractivity contribution in [1.29, 1.82) is 0 Å². The third-order valence-electron chi connectivity index (χ3n) is 2.58. The molecule has 0 aliphatic rings. The molecule has 0 saturated heterocycles. The highest BCUT2D eigenvalue weighted by atomic mass is 35.5. The van der Waals surface area contributed by atoms with Crippen LogP contribution >= 0.6 is 11.6 Å². The smallest absolute Gasteiger partial charge is 0.315 e. The molecule has 5 nitrogen and oxygen atoms in total. The molecule has 1 aromatic rings. The summed E-state index contributed by atoms with van der Waals surface area (Å²) >= 11 is 6.03. The van der Waals surface area contributed by atoms with Gasteiger partial charge in [-0.2, -0.15) is 0 Å². The van der Waals surface area contributed by atoms with Gasteiger partial charge in [0.2, 0.25) is 0 Å². The van der Waals surface area contributed by atoms with Crippen molar-refractivity contribution in [2.24, 2.45) is 0 Å². The van der Waals surface area contributed by atoms with Gasteiger partial charge in [-0.25, -0.2) is 4.79 Å². The maximum atomic E-state index is 11.7. The summed E-state index contributed by atoms with van der Waals surface area (Å²) < 4.78 is 0. The van der Waals surface area contributed by atoms with Crippen LogP contribution in [0.1, 0.15) is 31.9 Å². The van der Waals surface area contributed by atoms with Crippen molar-refractivity contribution in [3.63, 3.8) is 0 Å². The molecule has 0 radical (unpaired) electrons. The number of carboxylic acids is 1. The number of urea groups is 1. The van der Waals surface area contributed by atoms with Crippen LogP contribution in [0.25, 0.3) is 0 Å². The topological polar surface area (TPSA) is 78.4 Å². The molecule has 0 aliphatic heterocycles. The van der Waals surface area contributed by atoms with Gasteiger partial charge in [0.1, 0.15) is 0 Å². The van der Waals surface area contributed by atoms with Gasteiger partial charge in [-0.15, -0.1) is 0 Å². The summed E-state index contributed by atoms with van der Waals surface area (Å²) in [4.78, 5) is 22.2. The minimum absolute atomic E-state index is 0.117. The quantitative estimate of drug-likeness (QED) is 0.777. The second kappa shape index (κ2) is 6.99. The minimum atomic E-state index is -0.952. The van der Waals surface area contributed by atoms with E-state index in [1.54, 1.807) is 13.0 Å². The van der Waals surface area contributed by atoms with E-state index in [0.717, 1.165) is 5.56 Å². The monoisotopic (exact) mass is 284 g/mol. The number of hydrogen-bond donors (Lipinski definition) is 3. The van der Waals surface area contributed by atoms with Gasteiger partial charge < -0.3 is 15.7 Å². The average Bonchev–Trinajstić information content (AvgIpc) is 2.27. The van der Waals surface area contributed by atoms with Crippen LogP contribution in [0.2, 0.25) is 5.02 Å². The molecule has 19 heavy (non-hydrogen) atoms. The molecule has 2 unspecified atom stereocenters. The van der Waals surface area contributed by atoms with Gasteiger partial charge >= 0.3 is 12.0 Å². The highest BCUT2D eigenvalue weighted by molar-refractivity contribution is 6.31. The molecular formula is C13H17ClN2O3. The Morgan fingerprint density at radius 3 is 2.47 bits per heavy atom. The maximum absolute atomic E-state index is 11.7. The van der Waals surface area contributed by atoms with Gasteiger partial charge in [-0.3, -0.25) is 4.79 Å². The summed E-state index contributed by atoms with van der Waals surface area (Å²) in [6.07, 6.45) is -0.117. The molecule has 0 aromatic heterocycles. The summed E-state index contributed by atoms with van der Waals surface area (Å²) in [5.74, 6) is -0.952. The third-order valence-corrected chi connectivity index (χ3v) is 2.92. The lowest BCUT2D eigenvalue weighted by atomic mass is 10.1. The van der Waals surface area contributed by atoms with Crippen LogP contribution in [0.4, 0.5) is 4.79 Å². The Labute approximate surface area is 117 Å². The average molecular weight is 285 g/mol. The van der Waals surface area contributed by atoms with E-state index in [4.69, 9.17) is 16.7 Å². The highest BCUT2D eigenvalue weighted by Gasteiger charge is 2.14. The molecule has 1 aromatic carbocycles. The van der Waals surface area contributed by atoms with E-state index in [2.05, 4.69) is 10.6 Å². The van der Waals surface area contributed by atoms with E-state index in [0.29, 0.717) is 5.02 Å². The number of hydrogen-bond acceptors (Lipinski definition) is 2. The molecular weight excluding hydrogens is 268 g/mol. The van der Waals surface area contributed by atoms with Gasteiger partial charge in [0.05, 0.1) is 12.5 Å². The van der Waals surface area contributed by atoms with E-state index in [9.17, 15) is 9.59 Å². The Bertz CT molecular complexity index is 465. The summed E-state index contributed by atoms with van der Waals surface area (Å²) in [5, 5.41) is 14.5. The first-order valence-electron chi connectivity index (χ1n) is 5.93.